The number of rotatable bonds is 7. The van der Waals surface area contributed by atoms with Gasteiger partial charge >= 0.3 is 0 Å². The summed E-state index contributed by atoms with van der Waals surface area (Å²) >= 11 is 0. The van der Waals surface area contributed by atoms with Crippen molar-refractivity contribution in [2.75, 3.05) is 6.61 Å². The molecule has 2 rings (SSSR count). The van der Waals surface area contributed by atoms with E-state index in [2.05, 4.69) is 10.3 Å². The molecule has 2 atom stereocenters. The minimum atomic E-state index is -1.14. The van der Waals surface area contributed by atoms with Crippen LogP contribution < -0.4 is 15.8 Å². The first-order valence-electron chi connectivity index (χ1n) is 6.95. The largest absolute Gasteiger partial charge is 0.484 e. The lowest BCUT2D eigenvalue weighted by atomic mass is 10.2. The second kappa shape index (κ2) is 7.41. The van der Waals surface area contributed by atoms with Crippen LogP contribution in [0.5, 0.6) is 5.75 Å². The number of imidazole rings is 1. The van der Waals surface area contributed by atoms with Gasteiger partial charge in [0.15, 0.2) is 6.61 Å². The number of aromatic nitrogens is 2. The smallest absolute Gasteiger partial charge is 0.258 e. The molecule has 8 heteroatoms. The molecule has 1 aromatic heterocycles. The molecular formula is C15H18N4O4. The highest BCUT2D eigenvalue weighted by Gasteiger charge is 2.23. The monoisotopic (exact) mass is 318 g/mol. The van der Waals surface area contributed by atoms with Crippen LogP contribution in [-0.4, -0.2) is 45.2 Å². The van der Waals surface area contributed by atoms with E-state index >= 15 is 0 Å². The zero-order valence-corrected chi connectivity index (χ0v) is 12.5. The summed E-state index contributed by atoms with van der Waals surface area (Å²) < 4.78 is 7.16. The van der Waals surface area contributed by atoms with Crippen molar-refractivity contribution in [3.63, 3.8) is 0 Å². The number of amides is 2. The number of primary amides is 1. The van der Waals surface area contributed by atoms with Crippen LogP contribution >= 0.6 is 0 Å². The highest BCUT2D eigenvalue weighted by atomic mass is 16.5. The molecule has 2 amide bonds. The molecule has 0 saturated carbocycles. The van der Waals surface area contributed by atoms with Crippen molar-refractivity contribution in [1.29, 1.82) is 0 Å². The van der Waals surface area contributed by atoms with Gasteiger partial charge in [0.25, 0.3) is 5.91 Å². The summed E-state index contributed by atoms with van der Waals surface area (Å²) in [6.07, 6.45) is 4.07. The molecule has 0 aliphatic heterocycles. The van der Waals surface area contributed by atoms with Crippen molar-refractivity contribution in [3.05, 3.63) is 43.0 Å². The molecule has 2 unspecified atom stereocenters. The van der Waals surface area contributed by atoms with Gasteiger partial charge < -0.3 is 25.5 Å². The molecule has 0 spiro atoms. The third-order valence-electron chi connectivity index (χ3n) is 3.11. The number of nitrogens with zero attached hydrogens (tertiary/aromatic N) is 2. The lowest BCUT2D eigenvalue weighted by Crippen LogP contribution is -2.51. The van der Waals surface area contributed by atoms with E-state index in [9.17, 15) is 14.7 Å². The third-order valence-corrected chi connectivity index (χ3v) is 3.11. The fourth-order valence-electron chi connectivity index (χ4n) is 1.92. The summed E-state index contributed by atoms with van der Waals surface area (Å²) in [6, 6.07) is 5.91. The topological polar surface area (TPSA) is 119 Å². The van der Waals surface area contributed by atoms with Gasteiger partial charge in [-0.15, -0.1) is 0 Å². The quantitative estimate of drug-likeness (QED) is 0.642. The van der Waals surface area contributed by atoms with Gasteiger partial charge in [0.2, 0.25) is 5.91 Å². The first-order valence-corrected chi connectivity index (χ1v) is 6.95. The average molecular weight is 318 g/mol. The Morgan fingerprint density at radius 1 is 1.39 bits per heavy atom. The van der Waals surface area contributed by atoms with Gasteiger partial charge in [0, 0.05) is 18.1 Å². The van der Waals surface area contributed by atoms with Crippen LogP contribution in [0.15, 0.2) is 43.0 Å². The number of benzene rings is 1. The van der Waals surface area contributed by atoms with E-state index in [1.807, 2.05) is 22.9 Å². The molecule has 2 aromatic rings. The van der Waals surface area contributed by atoms with E-state index in [0.29, 0.717) is 5.75 Å². The summed E-state index contributed by atoms with van der Waals surface area (Å²) in [5.41, 5.74) is 6.00. The SMILES string of the molecule is CC(O)C(NC(=O)COc1ccc(-n2ccnc2)cc1)C(N)=O. The maximum atomic E-state index is 11.7. The average Bonchev–Trinajstić information content (AvgIpc) is 3.05. The highest BCUT2D eigenvalue weighted by Crippen LogP contribution is 2.14. The van der Waals surface area contributed by atoms with Gasteiger partial charge in [-0.1, -0.05) is 0 Å². The summed E-state index contributed by atoms with van der Waals surface area (Å²) in [5, 5.41) is 11.7. The van der Waals surface area contributed by atoms with Crippen LogP contribution in [0.2, 0.25) is 0 Å². The molecule has 0 saturated heterocycles. The second-order valence-corrected chi connectivity index (χ2v) is 4.94. The van der Waals surface area contributed by atoms with Gasteiger partial charge in [-0.3, -0.25) is 9.59 Å². The number of aliphatic hydroxyl groups is 1. The second-order valence-electron chi connectivity index (χ2n) is 4.94. The summed E-state index contributed by atoms with van der Waals surface area (Å²) in [5.74, 6) is -0.858. The van der Waals surface area contributed by atoms with Crippen LogP contribution in [0.25, 0.3) is 5.69 Å². The van der Waals surface area contributed by atoms with Crippen molar-refractivity contribution in [3.8, 4) is 11.4 Å². The number of hydrogen-bond donors (Lipinski definition) is 3. The van der Waals surface area contributed by atoms with Gasteiger partial charge in [0.05, 0.1) is 12.4 Å². The molecule has 0 aliphatic rings. The number of hydrogen-bond acceptors (Lipinski definition) is 5. The molecule has 4 N–H and O–H groups in total. The molecule has 0 fully saturated rings. The lowest BCUT2D eigenvalue weighted by Gasteiger charge is -2.18. The number of nitrogens with one attached hydrogen (secondary N) is 1. The molecule has 1 heterocycles. The van der Waals surface area contributed by atoms with Crippen LogP contribution in [0.4, 0.5) is 0 Å². The predicted octanol–water partition coefficient (Wildman–Crippen LogP) is -0.398. The maximum absolute atomic E-state index is 11.7. The molecule has 1 aromatic carbocycles. The number of nitrogens with two attached hydrogens (primary N) is 1. The van der Waals surface area contributed by atoms with Crippen LogP contribution in [0, 0.1) is 0 Å². The molecule has 0 radical (unpaired) electrons. The van der Waals surface area contributed by atoms with Gasteiger partial charge in [-0.2, -0.15) is 0 Å². The third kappa shape index (κ3) is 4.55. The Morgan fingerprint density at radius 3 is 2.61 bits per heavy atom. The Labute approximate surface area is 132 Å². The zero-order chi connectivity index (χ0) is 16.8. The molecular weight excluding hydrogens is 300 g/mol. The number of ether oxygens (including phenoxy) is 1. The molecule has 0 bridgehead atoms. The van der Waals surface area contributed by atoms with E-state index in [0.717, 1.165) is 5.69 Å². The Bertz CT molecular complexity index is 653. The van der Waals surface area contributed by atoms with Gasteiger partial charge in [-0.05, 0) is 31.2 Å². The highest BCUT2D eigenvalue weighted by molar-refractivity contribution is 5.87. The number of aliphatic hydroxyl groups excluding tert-OH is 1. The maximum Gasteiger partial charge on any atom is 0.258 e. The van der Waals surface area contributed by atoms with E-state index < -0.39 is 24.0 Å². The molecule has 23 heavy (non-hydrogen) atoms. The zero-order valence-electron chi connectivity index (χ0n) is 12.5. The van der Waals surface area contributed by atoms with Crippen molar-refractivity contribution in [2.45, 2.75) is 19.1 Å². The van der Waals surface area contributed by atoms with Crippen molar-refractivity contribution in [2.24, 2.45) is 5.73 Å². The first-order chi connectivity index (χ1) is 11.0. The predicted molar refractivity (Wildman–Crippen MR) is 81.9 cm³/mol. The standard InChI is InChI=1S/C15H18N4O4/c1-10(20)14(15(16)22)18-13(21)8-23-12-4-2-11(3-5-12)19-7-6-17-9-19/h2-7,9-10,14,20H,8H2,1H3,(H2,16,22)(H,18,21). The Balaban J connectivity index is 1.88. The summed E-state index contributed by atoms with van der Waals surface area (Å²) in [6.45, 7) is 1.08. The van der Waals surface area contributed by atoms with Gasteiger partial charge in [0.1, 0.15) is 11.8 Å². The van der Waals surface area contributed by atoms with Crippen LogP contribution in [-0.2, 0) is 9.59 Å². The fraction of sp³-hybridized carbons (Fsp3) is 0.267. The van der Waals surface area contributed by atoms with E-state index in [1.54, 1.807) is 24.7 Å². The van der Waals surface area contributed by atoms with Gasteiger partial charge in [-0.25, -0.2) is 4.98 Å². The Morgan fingerprint density at radius 2 is 2.09 bits per heavy atom. The van der Waals surface area contributed by atoms with Crippen molar-refractivity contribution < 1.29 is 19.4 Å². The summed E-state index contributed by atoms with van der Waals surface area (Å²) in [4.78, 5) is 26.8. The van der Waals surface area contributed by atoms with E-state index in [1.165, 1.54) is 6.92 Å². The summed E-state index contributed by atoms with van der Waals surface area (Å²) in [7, 11) is 0. The van der Waals surface area contributed by atoms with E-state index in [-0.39, 0.29) is 6.61 Å². The minimum Gasteiger partial charge on any atom is -0.484 e. The normalized spacial score (nSPS) is 13.1. The Hall–Kier alpha value is -2.87. The Kier molecular flexibility index (Phi) is 5.32. The minimum absolute atomic E-state index is 0.291. The molecule has 8 nitrogen and oxygen atoms in total. The number of carbonyl (C=O) groups excluding carboxylic acids is 2. The first kappa shape index (κ1) is 16.5. The van der Waals surface area contributed by atoms with Crippen molar-refractivity contribution in [1.82, 2.24) is 14.9 Å². The molecule has 0 aliphatic carbocycles. The van der Waals surface area contributed by atoms with Crippen LogP contribution in [0.1, 0.15) is 6.92 Å². The fourth-order valence-corrected chi connectivity index (χ4v) is 1.92. The number of carbonyl (C=O) groups is 2. The van der Waals surface area contributed by atoms with Crippen LogP contribution in [0.3, 0.4) is 0 Å². The lowest BCUT2D eigenvalue weighted by molar-refractivity contribution is -0.130. The van der Waals surface area contributed by atoms with E-state index in [4.69, 9.17) is 10.5 Å². The van der Waals surface area contributed by atoms with Crippen molar-refractivity contribution >= 4 is 11.8 Å². The molecule has 122 valence electrons.